The fraction of sp³-hybridized carbons (Fsp3) is 0.292. The molecule has 1 aliphatic heterocycles. The van der Waals surface area contributed by atoms with Crippen molar-refractivity contribution in [3.8, 4) is 5.75 Å². The van der Waals surface area contributed by atoms with Crippen LogP contribution in [-0.2, 0) is 13.2 Å². The first-order chi connectivity index (χ1) is 15.0. The third kappa shape index (κ3) is 5.80. The predicted octanol–water partition coefficient (Wildman–Crippen LogP) is 5.90. The lowest BCUT2D eigenvalue weighted by Crippen LogP contribution is -2.48. The van der Waals surface area contributed by atoms with Gasteiger partial charge in [0.25, 0.3) is 5.91 Å². The Kier molecular flexibility index (Phi) is 7.18. The quantitative estimate of drug-likeness (QED) is 0.445. The van der Waals surface area contributed by atoms with Crippen LogP contribution in [0.5, 0.6) is 5.75 Å². The number of halogens is 2. The van der Waals surface area contributed by atoms with Gasteiger partial charge in [0.05, 0.1) is 9.90 Å². The van der Waals surface area contributed by atoms with Crippen LogP contribution in [0.2, 0.25) is 10.0 Å². The molecule has 1 aromatic heterocycles. The van der Waals surface area contributed by atoms with Crippen LogP contribution < -0.4 is 4.74 Å². The maximum absolute atomic E-state index is 12.9. The van der Waals surface area contributed by atoms with Crippen LogP contribution in [0.1, 0.15) is 26.4 Å². The zero-order chi connectivity index (χ0) is 21.8. The maximum Gasteiger partial charge on any atom is 0.264 e. The minimum Gasteiger partial charge on any atom is -0.487 e. The molecule has 1 aliphatic rings. The van der Waals surface area contributed by atoms with Gasteiger partial charge in [-0.25, -0.2) is 0 Å². The molecule has 0 atom stereocenters. The van der Waals surface area contributed by atoms with Crippen LogP contribution in [-0.4, -0.2) is 41.9 Å². The lowest BCUT2D eigenvalue weighted by molar-refractivity contribution is 0.0633. The van der Waals surface area contributed by atoms with Gasteiger partial charge >= 0.3 is 0 Å². The van der Waals surface area contributed by atoms with Gasteiger partial charge in [0.15, 0.2) is 0 Å². The minimum atomic E-state index is 0.0935. The molecule has 1 fully saturated rings. The normalized spacial score (nSPS) is 14.6. The van der Waals surface area contributed by atoms with Crippen LogP contribution in [0, 0.1) is 6.92 Å². The lowest BCUT2D eigenvalue weighted by atomic mass is 10.2. The van der Waals surface area contributed by atoms with Gasteiger partial charge in [0, 0.05) is 43.3 Å². The fourth-order valence-electron chi connectivity index (χ4n) is 3.56. The molecule has 0 saturated carbocycles. The van der Waals surface area contributed by atoms with Crippen LogP contribution in [0.3, 0.4) is 0 Å². The molecule has 3 aromatic rings. The summed E-state index contributed by atoms with van der Waals surface area (Å²) in [6.07, 6.45) is 0. The second-order valence-corrected chi connectivity index (χ2v) is 9.49. The summed E-state index contributed by atoms with van der Waals surface area (Å²) in [6, 6.07) is 15.6. The van der Waals surface area contributed by atoms with E-state index in [9.17, 15) is 4.79 Å². The van der Waals surface area contributed by atoms with Crippen LogP contribution in [0.15, 0.2) is 53.9 Å². The number of hydrogen-bond donors (Lipinski definition) is 0. The summed E-state index contributed by atoms with van der Waals surface area (Å²) in [4.78, 5) is 18.0. The number of thiophene rings is 1. The molecule has 31 heavy (non-hydrogen) atoms. The highest BCUT2D eigenvalue weighted by Crippen LogP contribution is 2.27. The molecule has 2 heterocycles. The Hall–Kier alpha value is -2.05. The van der Waals surface area contributed by atoms with E-state index < -0.39 is 0 Å². The molecule has 0 aliphatic carbocycles. The van der Waals surface area contributed by atoms with Gasteiger partial charge in [-0.1, -0.05) is 41.4 Å². The number of ether oxygens (including phenoxy) is 1. The number of carbonyl (C=O) groups is 1. The molecule has 0 N–H and O–H groups in total. The van der Waals surface area contributed by atoms with Gasteiger partial charge in [-0.05, 0) is 53.8 Å². The third-order valence-electron chi connectivity index (χ3n) is 5.32. The Morgan fingerprint density at radius 2 is 1.74 bits per heavy atom. The minimum absolute atomic E-state index is 0.0935. The average molecular weight is 475 g/mol. The summed E-state index contributed by atoms with van der Waals surface area (Å²) in [5.41, 5.74) is 3.31. The summed E-state index contributed by atoms with van der Waals surface area (Å²) in [7, 11) is 0. The Morgan fingerprint density at radius 1 is 1.00 bits per heavy atom. The summed E-state index contributed by atoms with van der Waals surface area (Å²) in [5.74, 6) is 0.758. The first kappa shape index (κ1) is 22.2. The van der Waals surface area contributed by atoms with Crippen LogP contribution in [0.25, 0.3) is 0 Å². The number of piperazine rings is 1. The highest BCUT2D eigenvalue weighted by atomic mass is 35.5. The number of benzene rings is 2. The number of aryl methyl sites for hydroxylation is 1. The van der Waals surface area contributed by atoms with Crippen molar-refractivity contribution >= 4 is 40.4 Å². The summed E-state index contributed by atoms with van der Waals surface area (Å²) < 4.78 is 5.86. The van der Waals surface area contributed by atoms with E-state index in [1.165, 1.54) is 16.9 Å². The number of hydrogen-bond acceptors (Lipinski definition) is 4. The van der Waals surface area contributed by atoms with Crippen molar-refractivity contribution in [1.82, 2.24) is 9.80 Å². The molecule has 1 amide bonds. The molecule has 0 bridgehead atoms. The molecule has 7 heteroatoms. The van der Waals surface area contributed by atoms with Crippen molar-refractivity contribution in [2.24, 2.45) is 0 Å². The maximum atomic E-state index is 12.9. The van der Waals surface area contributed by atoms with Gasteiger partial charge in [-0.2, -0.15) is 0 Å². The Morgan fingerprint density at radius 3 is 2.48 bits per heavy atom. The highest BCUT2D eigenvalue weighted by molar-refractivity contribution is 7.12. The van der Waals surface area contributed by atoms with E-state index in [2.05, 4.69) is 17.0 Å². The summed E-state index contributed by atoms with van der Waals surface area (Å²) in [6.45, 7) is 6.45. The SMILES string of the molecule is Cc1ccc(Cl)c(OCc2csc(C(=O)N3CCN(Cc4ccc(Cl)cc4)CC3)c2)c1. The molecule has 4 nitrogen and oxygen atoms in total. The number of amides is 1. The number of rotatable bonds is 6. The molecule has 0 spiro atoms. The Balaban J connectivity index is 1.29. The van der Waals surface area contributed by atoms with Crippen molar-refractivity contribution < 1.29 is 9.53 Å². The molecule has 4 rings (SSSR count). The molecule has 0 radical (unpaired) electrons. The molecular weight excluding hydrogens is 451 g/mol. The number of nitrogens with zero attached hydrogens (tertiary/aromatic N) is 2. The fourth-order valence-corrected chi connectivity index (χ4v) is 4.72. The van der Waals surface area contributed by atoms with E-state index in [0.717, 1.165) is 53.8 Å². The van der Waals surface area contributed by atoms with Gasteiger partial charge in [-0.15, -0.1) is 11.3 Å². The third-order valence-corrected chi connectivity index (χ3v) is 6.86. The zero-order valence-corrected chi connectivity index (χ0v) is 19.6. The highest BCUT2D eigenvalue weighted by Gasteiger charge is 2.23. The van der Waals surface area contributed by atoms with Gasteiger partial charge in [-0.3, -0.25) is 9.69 Å². The molecule has 162 valence electrons. The van der Waals surface area contributed by atoms with E-state index in [-0.39, 0.29) is 5.91 Å². The Labute approximate surface area is 197 Å². The Bertz CT molecular complexity index is 1040. The predicted molar refractivity (Wildman–Crippen MR) is 127 cm³/mol. The van der Waals surface area contributed by atoms with Gasteiger partial charge in [0.1, 0.15) is 12.4 Å². The standard InChI is InChI=1S/C24H24Cl2N2O2S/c1-17-2-7-21(26)22(12-17)30-15-19-13-23(31-16-19)24(29)28-10-8-27(9-11-28)14-18-3-5-20(25)6-4-18/h2-7,12-13,16H,8-11,14-15H2,1H3. The smallest absolute Gasteiger partial charge is 0.264 e. The lowest BCUT2D eigenvalue weighted by Gasteiger charge is -2.34. The van der Waals surface area contributed by atoms with E-state index in [1.54, 1.807) is 0 Å². The van der Waals surface area contributed by atoms with Crippen molar-refractivity contribution in [1.29, 1.82) is 0 Å². The molecule has 0 unspecified atom stereocenters. The van der Waals surface area contributed by atoms with E-state index in [4.69, 9.17) is 27.9 Å². The molecule has 2 aromatic carbocycles. The first-order valence-electron chi connectivity index (χ1n) is 10.2. The van der Waals surface area contributed by atoms with E-state index >= 15 is 0 Å². The van der Waals surface area contributed by atoms with Gasteiger partial charge in [0.2, 0.25) is 0 Å². The second kappa shape index (κ2) is 10.0. The summed E-state index contributed by atoms with van der Waals surface area (Å²) in [5, 5.41) is 3.32. The van der Waals surface area contributed by atoms with Crippen LogP contribution in [0.4, 0.5) is 0 Å². The topological polar surface area (TPSA) is 32.8 Å². The summed E-state index contributed by atoms with van der Waals surface area (Å²) >= 11 is 13.6. The molecular formula is C24H24Cl2N2O2S. The number of carbonyl (C=O) groups excluding carboxylic acids is 1. The first-order valence-corrected chi connectivity index (χ1v) is 11.8. The average Bonchev–Trinajstić information content (AvgIpc) is 3.25. The van der Waals surface area contributed by atoms with E-state index in [0.29, 0.717) is 17.4 Å². The van der Waals surface area contributed by atoms with Crippen molar-refractivity contribution in [2.75, 3.05) is 26.2 Å². The zero-order valence-electron chi connectivity index (χ0n) is 17.3. The molecule has 1 saturated heterocycles. The van der Waals surface area contributed by atoms with E-state index in [1.807, 2.05) is 53.6 Å². The van der Waals surface area contributed by atoms with Crippen molar-refractivity contribution in [3.05, 3.63) is 85.5 Å². The van der Waals surface area contributed by atoms with Crippen molar-refractivity contribution in [3.63, 3.8) is 0 Å². The van der Waals surface area contributed by atoms with Crippen molar-refractivity contribution in [2.45, 2.75) is 20.1 Å². The largest absolute Gasteiger partial charge is 0.487 e. The van der Waals surface area contributed by atoms with Crippen LogP contribution >= 0.6 is 34.5 Å². The monoisotopic (exact) mass is 474 g/mol. The second-order valence-electron chi connectivity index (χ2n) is 7.74. The van der Waals surface area contributed by atoms with Gasteiger partial charge < -0.3 is 9.64 Å².